The molecule has 0 aromatic heterocycles. The van der Waals surface area contributed by atoms with E-state index in [1.54, 1.807) is 61.8 Å². The summed E-state index contributed by atoms with van der Waals surface area (Å²) in [4.78, 5) is 24.9. The van der Waals surface area contributed by atoms with E-state index in [9.17, 15) is 9.59 Å². The summed E-state index contributed by atoms with van der Waals surface area (Å²) in [6.45, 7) is 0. The number of carbonyl (C=O) groups is 2. The molecule has 0 bridgehead atoms. The van der Waals surface area contributed by atoms with Crippen LogP contribution in [0.15, 0.2) is 91.1 Å². The van der Waals surface area contributed by atoms with Crippen molar-refractivity contribution in [3.05, 3.63) is 108 Å². The lowest BCUT2D eigenvalue weighted by atomic mass is 10.0. The van der Waals surface area contributed by atoms with Gasteiger partial charge in [-0.15, -0.1) is 0 Å². The third kappa shape index (κ3) is 4.50. The smallest absolute Gasteiger partial charge is 0.195 e. The Bertz CT molecular complexity index is 960. The van der Waals surface area contributed by atoms with Crippen molar-refractivity contribution in [2.45, 2.75) is 0 Å². The van der Waals surface area contributed by atoms with Gasteiger partial charge in [0.05, 0.1) is 7.11 Å². The third-order valence-electron chi connectivity index (χ3n) is 4.06. The van der Waals surface area contributed by atoms with Gasteiger partial charge in [0.2, 0.25) is 0 Å². The van der Waals surface area contributed by atoms with Crippen molar-refractivity contribution in [3.63, 3.8) is 0 Å². The number of methoxy groups -OCH3 is 1. The van der Waals surface area contributed by atoms with Crippen molar-refractivity contribution in [1.29, 1.82) is 0 Å². The van der Waals surface area contributed by atoms with Crippen LogP contribution in [-0.2, 0) is 0 Å². The van der Waals surface area contributed by atoms with Crippen LogP contribution in [0.25, 0.3) is 0 Å². The van der Waals surface area contributed by atoms with E-state index in [0.29, 0.717) is 28.1 Å². The minimum absolute atomic E-state index is 0.0754. The second-order valence-corrected chi connectivity index (χ2v) is 5.81. The largest absolute Gasteiger partial charge is 0.497 e. The maximum atomic E-state index is 12.7. The van der Waals surface area contributed by atoms with Crippen LogP contribution < -0.4 is 10.1 Å². The summed E-state index contributed by atoms with van der Waals surface area (Å²) >= 11 is 0. The summed E-state index contributed by atoms with van der Waals surface area (Å²) in [5.41, 5.74) is 2.36. The summed E-state index contributed by atoms with van der Waals surface area (Å²) in [5, 5.41) is 3.04. The highest BCUT2D eigenvalue weighted by Crippen LogP contribution is 2.19. The highest BCUT2D eigenvalue weighted by molar-refractivity contribution is 6.12. The minimum Gasteiger partial charge on any atom is -0.497 e. The number of anilines is 1. The highest BCUT2D eigenvalue weighted by atomic mass is 16.5. The lowest BCUT2D eigenvalue weighted by Crippen LogP contribution is -2.05. The van der Waals surface area contributed by atoms with Gasteiger partial charge in [-0.05, 0) is 36.4 Å². The molecule has 0 amide bonds. The number of hydrogen-bond acceptors (Lipinski definition) is 4. The van der Waals surface area contributed by atoms with Crippen LogP contribution in [0, 0.1) is 0 Å². The Hall–Kier alpha value is -3.66. The Balaban J connectivity index is 1.73. The topological polar surface area (TPSA) is 55.4 Å². The maximum Gasteiger partial charge on any atom is 0.195 e. The first kappa shape index (κ1) is 18.1. The van der Waals surface area contributed by atoms with Crippen molar-refractivity contribution in [2.24, 2.45) is 0 Å². The van der Waals surface area contributed by atoms with Gasteiger partial charge in [0.25, 0.3) is 0 Å². The van der Waals surface area contributed by atoms with Crippen LogP contribution in [0.4, 0.5) is 5.69 Å². The van der Waals surface area contributed by atoms with Crippen LogP contribution >= 0.6 is 0 Å². The van der Waals surface area contributed by atoms with Crippen LogP contribution in [0.2, 0.25) is 0 Å². The van der Waals surface area contributed by atoms with Crippen molar-refractivity contribution in [3.8, 4) is 5.75 Å². The fourth-order valence-electron chi connectivity index (χ4n) is 2.61. The predicted molar refractivity (Wildman–Crippen MR) is 106 cm³/mol. The van der Waals surface area contributed by atoms with E-state index in [1.807, 2.05) is 30.3 Å². The summed E-state index contributed by atoms with van der Waals surface area (Å²) in [7, 11) is 1.58. The fraction of sp³-hybridized carbons (Fsp3) is 0.0435. The van der Waals surface area contributed by atoms with E-state index in [-0.39, 0.29) is 11.6 Å². The van der Waals surface area contributed by atoms with Gasteiger partial charge >= 0.3 is 0 Å². The van der Waals surface area contributed by atoms with Gasteiger partial charge in [-0.25, -0.2) is 0 Å². The van der Waals surface area contributed by atoms with Crippen molar-refractivity contribution < 1.29 is 14.3 Å². The van der Waals surface area contributed by atoms with E-state index in [1.165, 1.54) is 6.08 Å². The first-order chi connectivity index (χ1) is 13.2. The second kappa shape index (κ2) is 8.63. The number of allylic oxidation sites excluding steroid dienone is 1. The van der Waals surface area contributed by atoms with Crippen LogP contribution in [-0.4, -0.2) is 18.7 Å². The van der Waals surface area contributed by atoms with E-state index >= 15 is 0 Å². The molecule has 0 aliphatic rings. The zero-order valence-corrected chi connectivity index (χ0v) is 14.9. The first-order valence-corrected chi connectivity index (χ1v) is 8.49. The first-order valence-electron chi connectivity index (χ1n) is 8.49. The van der Waals surface area contributed by atoms with Crippen molar-refractivity contribution in [2.75, 3.05) is 12.4 Å². The van der Waals surface area contributed by atoms with Gasteiger partial charge in [0.15, 0.2) is 11.6 Å². The normalized spacial score (nSPS) is 10.6. The van der Waals surface area contributed by atoms with Crippen LogP contribution in [0.5, 0.6) is 5.75 Å². The average Bonchev–Trinajstić information content (AvgIpc) is 2.74. The zero-order chi connectivity index (χ0) is 19.1. The molecule has 0 aliphatic carbocycles. The van der Waals surface area contributed by atoms with Gasteiger partial charge in [-0.3, -0.25) is 9.59 Å². The Morgan fingerprint density at radius 2 is 1.48 bits per heavy atom. The van der Waals surface area contributed by atoms with Crippen molar-refractivity contribution in [1.82, 2.24) is 0 Å². The van der Waals surface area contributed by atoms with Gasteiger partial charge < -0.3 is 10.1 Å². The molecule has 0 aliphatic heterocycles. The summed E-state index contributed by atoms with van der Waals surface area (Å²) in [5.74, 6) is 0.479. The van der Waals surface area contributed by atoms with E-state index < -0.39 is 0 Å². The Kier molecular flexibility index (Phi) is 5.80. The second-order valence-electron chi connectivity index (χ2n) is 5.81. The molecule has 3 aromatic carbocycles. The zero-order valence-electron chi connectivity index (χ0n) is 14.9. The Morgan fingerprint density at radius 1 is 0.815 bits per heavy atom. The highest BCUT2D eigenvalue weighted by Gasteiger charge is 2.12. The molecule has 27 heavy (non-hydrogen) atoms. The maximum absolute atomic E-state index is 12.7. The number of carbonyl (C=O) groups excluding carboxylic acids is 2. The van der Waals surface area contributed by atoms with E-state index in [4.69, 9.17) is 4.74 Å². The van der Waals surface area contributed by atoms with Gasteiger partial charge in [-0.1, -0.05) is 42.5 Å². The fourth-order valence-corrected chi connectivity index (χ4v) is 2.61. The van der Waals surface area contributed by atoms with Gasteiger partial charge in [0, 0.05) is 34.7 Å². The monoisotopic (exact) mass is 357 g/mol. The molecule has 0 saturated heterocycles. The van der Waals surface area contributed by atoms with Crippen LogP contribution in [0.1, 0.15) is 26.3 Å². The molecule has 0 unspecified atom stereocenters. The average molecular weight is 357 g/mol. The van der Waals surface area contributed by atoms with Gasteiger partial charge in [0.1, 0.15) is 5.75 Å². The quantitative estimate of drug-likeness (QED) is 0.490. The molecular formula is C23H19NO3. The number of ketones is 2. The number of para-hydroxylation sites is 1. The summed E-state index contributed by atoms with van der Waals surface area (Å²) in [6, 6.07) is 23.2. The molecule has 0 heterocycles. The molecular weight excluding hydrogens is 338 g/mol. The van der Waals surface area contributed by atoms with Crippen molar-refractivity contribution >= 4 is 17.3 Å². The third-order valence-corrected chi connectivity index (χ3v) is 4.06. The van der Waals surface area contributed by atoms with E-state index in [0.717, 1.165) is 0 Å². The Morgan fingerprint density at radius 3 is 2.19 bits per heavy atom. The molecule has 0 saturated carbocycles. The number of nitrogens with one attached hydrogen (secondary N) is 1. The molecule has 1 N–H and O–H groups in total. The van der Waals surface area contributed by atoms with Crippen LogP contribution in [0.3, 0.4) is 0 Å². The minimum atomic E-state index is -0.142. The summed E-state index contributed by atoms with van der Waals surface area (Å²) < 4.78 is 5.09. The molecule has 3 rings (SSSR count). The van der Waals surface area contributed by atoms with E-state index in [2.05, 4.69) is 5.32 Å². The van der Waals surface area contributed by atoms with Gasteiger partial charge in [-0.2, -0.15) is 0 Å². The molecule has 4 heteroatoms. The number of rotatable bonds is 7. The lowest BCUT2D eigenvalue weighted by molar-refractivity contribution is 0.103. The molecule has 3 aromatic rings. The molecule has 0 spiro atoms. The molecule has 0 fully saturated rings. The predicted octanol–water partition coefficient (Wildman–Crippen LogP) is 4.73. The molecule has 0 radical (unpaired) electrons. The number of ether oxygens (including phenoxy) is 1. The molecule has 4 nitrogen and oxygen atoms in total. The Labute approximate surface area is 158 Å². The summed E-state index contributed by atoms with van der Waals surface area (Å²) in [6.07, 6.45) is 2.98. The standard InChI is InChI=1S/C23H19NO3/c1-27-19-13-11-17(12-14-19)22(25)15-16-24-21-10-6-5-9-20(21)23(26)18-7-3-2-4-8-18/h2-16,24H,1H3. The lowest BCUT2D eigenvalue weighted by Gasteiger charge is -2.08. The molecule has 0 atom stereocenters. The SMILES string of the molecule is COc1ccc(C(=O)C=CNc2ccccc2C(=O)c2ccccc2)cc1. The number of benzene rings is 3. The molecule has 134 valence electrons. The number of hydrogen-bond donors (Lipinski definition) is 1.